The van der Waals surface area contributed by atoms with Crippen LogP contribution in [0.15, 0.2) is 30.5 Å². The summed E-state index contributed by atoms with van der Waals surface area (Å²) in [6.07, 6.45) is 1.94. The Morgan fingerprint density at radius 3 is 2.87 bits per heavy atom. The molecule has 0 radical (unpaired) electrons. The smallest absolute Gasteiger partial charge is 0.122 e. The van der Waals surface area contributed by atoms with E-state index >= 15 is 0 Å². The predicted octanol–water partition coefficient (Wildman–Crippen LogP) is 2.13. The molecule has 0 unspecified atom stereocenters. The van der Waals surface area contributed by atoms with E-state index in [0.717, 1.165) is 16.5 Å². The molecule has 1 N–H and O–H groups in total. The van der Waals surface area contributed by atoms with Crippen molar-refractivity contribution in [2.45, 2.75) is 20.3 Å². The molecule has 1 aromatic carbocycles. The molecule has 0 aliphatic heterocycles. The fourth-order valence-electron chi connectivity index (χ4n) is 1.75. The Kier molecular flexibility index (Phi) is 3.04. The van der Waals surface area contributed by atoms with Crippen molar-refractivity contribution in [1.82, 2.24) is 4.57 Å². The molecule has 1 aromatic heterocycles. The van der Waals surface area contributed by atoms with Gasteiger partial charge in [0, 0.05) is 23.8 Å². The molecular formula is C12H15NO2. The Labute approximate surface area is 88.9 Å². The Hall–Kier alpha value is -1.32. The third kappa shape index (κ3) is 1.89. The van der Waals surface area contributed by atoms with Crippen LogP contribution >= 0.6 is 0 Å². The van der Waals surface area contributed by atoms with Gasteiger partial charge in [0.25, 0.3) is 0 Å². The first-order valence-corrected chi connectivity index (χ1v) is 5.12. The summed E-state index contributed by atoms with van der Waals surface area (Å²) in [5.74, 6) is 0. The molecule has 2 aromatic rings. The molecule has 0 atom stereocenters. The average Bonchev–Trinajstić information content (AvgIpc) is 2.65. The van der Waals surface area contributed by atoms with Crippen molar-refractivity contribution in [2.75, 3.05) is 6.61 Å². The summed E-state index contributed by atoms with van der Waals surface area (Å²) in [6.45, 7) is 3.27. The summed E-state index contributed by atoms with van der Waals surface area (Å²) in [4.78, 5) is 0. The van der Waals surface area contributed by atoms with Crippen LogP contribution in [0.5, 0.6) is 0 Å². The van der Waals surface area contributed by atoms with Crippen LogP contribution in [-0.4, -0.2) is 16.3 Å². The van der Waals surface area contributed by atoms with Crippen LogP contribution in [0.3, 0.4) is 0 Å². The van der Waals surface area contributed by atoms with Gasteiger partial charge in [-0.2, -0.15) is 0 Å². The molecule has 0 spiro atoms. The van der Waals surface area contributed by atoms with Crippen molar-refractivity contribution in [3.8, 4) is 0 Å². The van der Waals surface area contributed by atoms with E-state index in [4.69, 9.17) is 4.74 Å². The Bertz CT molecular complexity index is 448. The minimum Gasteiger partial charge on any atom is -0.392 e. The molecule has 2 rings (SSSR count). The number of benzene rings is 1. The van der Waals surface area contributed by atoms with E-state index in [-0.39, 0.29) is 6.61 Å². The molecule has 80 valence electrons. The first kappa shape index (κ1) is 10.2. The van der Waals surface area contributed by atoms with Gasteiger partial charge >= 0.3 is 0 Å². The summed E-state index contributed by atoms with van der Waals surface area (Å²) in [6, 6.07) is 8.02. The van der Waals surface area contributed by atoms with Gasteiger partial charge in [0.05, 0.1) is 12.1 Å². The lowest BCUT2D eigenvalue weighted by molar-refractivity contribution is 0.0906. The van der Waals surface area contributed by atoms with Gasteiger partial charge in [-0.05, 0) is 13.0 Å². The van der Waals surface area contributed by atoms with Crippen LogP contribution in [0.1, 0.15) is 12.5 Å². The zero-order valence-electron chi connectivity index (χ0n) is 8.81. The van der Waals surface area contributed by atoms with Crippen LogP contribution < -0.4 is 0 Å². The summed E-state index contributed by atoms with van der Waals surface area (Å²) < 4.78 is 7.39. The zero-order chi connectivity index (χ0) is 10.7. The summed E-state index contributed by atoms with van der Waals surface area (Å²) in [5.41, 5.74) is 2.06. The monoisotopic (exact) mass is 205 g/mol. The highest BCUT2D eigenvalue weighted by Gasteiger charge is 2.06. The molecule has 1 heterocycles. The fraction of sp³-hybridized carbons (Fsp3) is 0.333. The van der Waals surface area contributed by atoms with Gasteiger partial charge in [0.1, 0.15) is 6.73 Å². The maximum atomic E-state index is 9.22. The Morgan fingerprint density at radius 2 is 2.13 bits per heavy atom. The second kappa shape index (κ2) is 4.47. The third-order valence-corrected chi connectivity index (χ3v) is 2.48. The SMILES string of the molecule is CCOCn1cc(CO)c2ccccc21. The van der Waals surface area contributed by atoms with Gasteiger partial charge in [-0.3, -0.25) is 0 Å². The number of hydrogen-bond acceptors (Lipinski definition) is 2. The fourth-order valence-corrected chi connectivity index (χ4v) is 1.75. The van der Waals surface area contributed by atoms with E-state index in [1.54, 1.807) is 0 Å². The second-order valence-electron chi connectivity index (χ2n) is 3.42. The van der Waals surface area contributed by atoms with Crippen molar-refractivity contribution in [1.29, 1.82) is 0 Å². The molecule has 0 bridgehead atoms. The molecule has 15 heavy (non-hydrogen) atoms. The van der Waals surface area contributed by atoms with E-state index in [0.29, 0.717) is 13.3 Å². The largest absolute Gasteiger partial charge is 0.392 e. The van der Waals surface area contributed by atoms with Crippen molar-refractivity contribution < 1.29 is 9.84 Å². The number of hydrogen-bond donors (Lipinski definition) is 1. The van der Waals surface area contributed by atoms with Crippen LogP contribution in [0.4, 0.5) is 0 Å². The summed E-state index contributed by atoms with van der Waals surface area (Å²) in [7, 11) is 0. The highest BCUT2D eigenvalue weighted by molar-refractivity contribution is 5.83. The number of nitrogens with zero attached hydrogens (tertiary/aromatic N) is 1. The van der Waals surface area contributed by atoms with E-state index in [1.807, 2.05) is 42.0 Å². The number of fused-ring (bicyclic) bond motifs is 1. The summed E-state index contributed by atoms with van der Waals surface area (Å²) in [5, 5.41) is 10.3. The molecular weight excluding hydrogens is 190 g/mol. The van der Waals surface area contributed by atoms with E-state index in [2.05, 4.69) is 0 Å². The van der Waals surface area contributed by atoms with Gasteiger partial charge in [-0.15, -0.1) is 0 Å². The highest BCUT2D eigenvalue weighted by Crippen LogP contribution is 2.21. The maximum Gasteiger partial charge on any atom is 0.122 e. The molecule has 0 aliphatic rings. The van der Waals surface area contributed by atoms with Crippen molar-refractivity contribution in [2.24, 2.45) is 0 Å². The lowest BCUT2D eigenvalue weighted by atomic mass is 10.2. The Balaban J connectivity index is 2.45. The minimum atomic E-state index is 0.0691. The van der Waals surface area contributed by atoms with Crippen LogP contribution in [0, 0.1) is 0 Å². The predicted molar refractivity (Wildman–Crippen MR) is 59.5 cm³/mol. The number of para-hydroxylation sites is 1. The first-order chi connectivity index (χ1) is 7.36. The van der Waals surface area contributed by atoms with Gasteiger partial charge in [0.2, 0.25) is 0 Å². The van der Waals surface area contributed by atoms with Gasteiger partial charge in [-0.1, -0.05) is 18.2 Å². The van der Waals surface area contributed by atoms with E-state index < -0.39 is 0 Å². The second-order valence-corrected chi connectivity index (χ2v) is 3.42. The minimum absolute atomic E-state index is 0.0691. The molecule has 0 amide bonds. The number of aliphatic hydroxyl groups is 1. The van der Waals surface area contributed by atoms with E-state index in [9.17, 15) is 5.11 Å². The number of rotatable bonds is 4. The molecule has 0 saturated carbocycles. The third-order valence-electron chi connectivity index (χ3n) is 2.48. The first-order valence-electron chi connectivity index (χ1n) is 5.12. The quantitative estimate of drug-likeness (QED) is 0.829. The van der Waals surface area contributed by atoms with Crippen LogP contribution in [0.25, 0.3) is 10.9 Å². The van der Waals surface area contributed by atoms with Crippen LogP contribution in [0.2, 0.25) is 0 Å². The zero-order valence-corrected chi connectivity index (χ0v) is 8.81. The van der Waals surface area contributed by atoms with Crippen molar-refractivity contribution in [3.63, 3.8) is 0 Å². The van der Waals surface area contributed by atoms with E-state index in [1.165, 1.54) is 0 Å². The molecule has 0 saturated heterocycles. The van der Waals surface area contributed by atoms with Gasteiger partial charge in [-0.25, -0.2) is 0 Å². The molecule has 3 nitrogen and oxygen atoms in total. The van der Waals surface area contributed by atoms with Crippen LogP contribution in [-0.2, 0) is 18.1 Å². The lowest BCUT2D eigenvalue weighted by Gasteiger charge is -2.04. The van der Waals surface area contributed by atoms with Crippen molar-refractivity contribution in [3.05, 3.63) is 36.0 Å². The van der Waals surface area contributed by atoms with Gasteiger partial charge < -0.3 is 14.4 Å². The number of aromatic nitrogens is 1. The molecule has 0 fully saturated rings. The Morgan fingerprint density at radius 1 is 1.33 bits per heavy atom. The average molecular weight is 205 g/mol. The van der Waals surface area contributed by atoms with Gasteiger partial charge in [0.15, 0.2) is 0 Å². The highest BCUT2D eigenvalue weighted by atomic mass is 16.5. The maximum absolute atomic E-state index is 9.22. The normalized spacial score (nSPS) is 11.1. The summed E-state index contributed by atoms with van der Waals surface area (Å²) >= 11 is 0. The number of ether oxygens (including phenoxy) is 1. The topological polar surface area (TPSA) is 34.4 Å². The standard InChI is InChI=1S/C12H15NO2/c1-2-15-9-13-7-10(8-14)11-5-3-4-6-12(11)13/h3-7,14H,2,8-9H2,1H3. The molecule has 3 heteroatoms. The lowest BCUT2D eigenvalue weighted by Crippen LogP contribution is -2.00. The number of aliphatic hydroxyl groups excluding tert-OH is 1. The van der Waals surface area contributed by atoms with Crippen molar-refractivity contribution >= 4 is 10.9 Å². The molecule has 0 aliphatic carbocycles.